The molecule has 3 nitrogen and oxygen atoms in total. The molecule has 10 aromatic carbocycles. The van der Waals surface area contributed by atoms with E-state index in [0.29, 0.717) is 0 Å². The van der Waals surface area contributed by atoms with Crippen LogP contribution in [-0.2, 0) is 5.41 Å². The fourth-order valence-electron chi connectivity index (χ4n) is 10.9. The van der Waals surface area contributed by atoms with Gasteiger partial charge < -0.3 is 14.7 Å². The molecule has 65 heavy (non-hydrogen) atoms. The average Bonchev–Trinajstić information content (AvgIpc) is 3.91. The number of para-hydroxylation sites is 6. The highest BCUT2D eigenvalue weighted by Crippen LogP contribution is 2.64. The maximum absolute atomic E-state index is 2.50. The lowest BCUT2D eigenvalue weighted by molar-refractivity contribution is 0.752. The van der Waals surface area contributed by atoms with Gasteiger partial charge in [-0.2, -0.15) is 0 Å². The van der Waals surface area contributed by atoms with Crippen LogP contribution in [-0.4, -0.2) is 0 Å². The van der Waals surface area contributed by atoms with Crippen LogP contribution in [0, 0.1) is 0 Å². The Morgan fingerprint density at radius 3 is 1.48 bits per heavy atom. The maximum atomic E-state index is 2.50. The van der Waals surface area contributed by atoms with Crippen molar-refractivity contribution >= 4 is 82.7 Å². The van der Waals surface area contributed by atoms with E-state index in [9.17, 15) is 0 Å². The van der Waals surface area contributed by atoms with Gasteiger partial charge in [-0.05, 0) is 124 Å². The standard InChI is InChI=1S/C61H41N3S/c1-5-21-42(22-6-1)62(43-23-7-2-8-24-43)56-36-20-38-58-59(56)49-30-19-37-57(60(49)65-58)63(44-25-9-3-10-26-44)46-39-40-48-47-29-13-14-31-50(47)61(53(48)41-46)51-32-15-17-34-54(51)64(45-27-11-4-12-28-45)55-35-18-16-33-52(55)61/h1-41H. The van der Waals surface area contributed by atoms with E-state index in [1.165, 1.54) is 64.9 Å². The van der Waals surface area contributed by atoms with Crippen molar-refractivity contribution in [2.75, 3.05) is 14.7 Å². The largest absolute Gasteiger partial charge is 0.310 e. The molecule has 2 heterocycles. The second-order valence-electron chi connectivity index (χ2n) is 16.8. The molecule has 1 spiro atoms. The molecule has 0 atom stereocenters. The summed E-state index contributed by atoms with van der Waals surface area (Å²) in [6.45, 7) is 0. The summed E-state index contributed by atoms with van der Waals surface area (Å²) in [4.78, 5) is 7.33. The minimum absolute atomic E-state index is 0.570. The molecule has 0 saturated heterocycles. The van der Waals surface area contributed by atoms with Crippen LogP contribution in [0.2, 0.25) is 0 Å². The lowest BCUT2D eigenvalue weighted by atomic mass is 9.64. The van der Waals surface area contributed by atoms with Crippen LogP contribution in [0.1, 0.15) is 22.3 Å². The Bertz CT molecular complexity index is 3480. The number of nitrogens with zero attached hydrogens (tertiary/aromatic N) is 3. The van der Waals surface area contributed by atoms with Crippen LogP contribution in [0.5, 0.6) is 0 Å². The molecular formula is C61H41N3S. The van der Waals surface area contributed by atoms with E-state index in [1.54, 1.807) is 0 Å². The van der Waals surface area contributed by atoms with Crippen LogP contribution < -0.4 is 14.7 Å². The van der Waals surface area contributed by atoms with E-state index < -0.39 is 5.41 Å². The number of rotatable bonds is 7. The van der Waals surface area contributed by atoms with E-state index in [1.807, 2.05) is 11.3 Å². The van der Waals surface area contributed by atoms with Crippen LogP contribution in [0.15, 0.2) is 249 Å². The fraction of sp³-hybridized carbons (Fsp3) is 0.0164. The number of fused-ring (bicyclic) bond motifs is 12. The first-order chi connectivity index (χ1) is 32.3. The van der Waals surface area contributed by atoms with Crippen molar-refractivity contribution in [3.05, 3.63) is 271 Å². The van der Waals surface area contributed by atoms with Gasteiger partial charge in [0.15, 0.2) is 0 Å². The van der Waals surface area contributed by atoms with E-state index in [-0.39, 0.29) is 0 Å². The first kappa shape index (κ1) is 37.4. The van der Waals surface area contributed by atoms with Gasteiger partial charge in [-0.25, -0.2) is 0 Å². The third-order valence-corrected chi connectivity index (χ3v) is 14.6. The zero-order valence-corrected chi connectivity index (χ0v) is 36.2. The predicted octanol–water partition coefficient (Wildman–Crippen LogP) is 17.1. The summed E-state index contributed by atoms with van der Waals surface area (Å²) in [5, 5.41) is 2.48. The Balaban J connectivity index is 1.06. The van der Waals surface area contributed by atoms with Crippen molar-refractivity contribution in [2.24, 2.45) is 0 Å². The second kappa shape index (κ2) is 15.0. The highest BCUT2D eigenvalue weighted by molar-refractivity contribution is 7.26. The molecular weight excluding hydrogens is 807 g/mol. The van der Waals surface area contributed by atoms with E-state index in [0.717, 1.165) is 39.8 Å². The fourth-order valence-corrected chi connectivity index (χ4v) is 12.1. The quantitative estimate of drug-likeness (QED) is 0.158. The van der Waals surface area contributed by atoms with Crippen molar-refractivity contribution < 1.29 is 0 Å². The SMILES string of the molecule is c1ccc(N2c3ccccc3C3(c4ccccc4-c4ccc(N(c5ccccc5)c5cccc6c5sc5cccc(N(c7ccccc7)c7ccccc7)c56)cc43)c3ccccc32)cc1. The van der Waals surface area contributed by atoms with Gasteiger partial charge in [-0.3, -0.25) is 0 Å². The Morgan fingerprint density at radius 2 is 0.846 bits per heavy atom. The smallest absolute Gasteiger partial charge is 0.0755 e. The van der Waals surface area contributed by atoms with Crippen LogP contribution in [0.3, 0.4) is 0 Å². The molecule has 306 valence electrons. The van der Waals surface area contributed by atoms with Crippen molar-refractivity contribution in [2.45, 2.75) is 5.41 Å². The van der Waals surface area contributed by atoms with Gasteiger partial charge >= 0.3 is 0 Å². The topological polar surface area (TPSA) is 9.72 Å². The monoisotopic (exact) mass is 847 g/mol. The van der Waals surface area contributed by atoms with Gasteiger partial charge in [0.1, 0.15) is 0 Å². The molecule has 4 heteroatoms. The highest BCUT2D eigenvalue weighted by Gasteiger charge is 2.51. The molecule has 1 aliphatic heterocycles. The number of hydrogen-bond donors (Lipinski definition) is 0. The molecule has 1 aliphatic carbocycles. The lowest BCUT2D eigenvalue weighted by Gasteiger charge is -2.45. The molecule has 0 bridgehead atoms. The van der Waals surface area contributed by atoms with E-state index in [2.05, 4.69) is 263 Å². The van der Waals surface area contributed by atoms with E-state index in [4.69, 9.17) is 0 Å². The number of anilines is 9. The minimum Gasteiger partial charge on any atom is -0.310 e. The zero-order chi connectivity index (χ0) is 42.9. The van der Waals surface area contributed by atoms with Gasteiger partial charge in [-0.15, -0.1) is 11.3 Å². The number of hydrogen-bond acceptors (Lipinski definition) is 4. The molecule has 0 radical (unpaired) electrons. The van der Waals surface area contributed by atoms with Gasteiger partial charge in [0, 0.05) is 43.9 Å². The summed E-state index contributed by atoms with van der Waals surface area (Å²) in [6, 6.07) is 91.2. The molecule has 0 unspecified atom stereocenters. The highest BCUT2D eigenvalue weighted by atomic mass is 32.1. The predicted molar refractivity (Wildman–Crippen MR) is 274 cm³/mol. The van der Waals surface area contributed by atoms with Gasteiger partial charge in [0.2, 0.25) is 0 Å². The molecule has 0 fully saturated rings. The van der Waals surface area contributed by atoms with Crippen molar-refractivity contribution in [1.82, 2.24) is 0 Å². The second-order valence-corrected chi connectivity index (χ2v) is 17.9. The van der Waals surface area contributed by atoms with Crippen molar-refractivity contribution in [3.8, 4) is 11.1 Å². The maximum Gasteiger partial charge on any atom is 0.0755 e. The Kier molecular flexibility index (Phi) is 8.62. The summed E-state index contributed by atoms with van der Waals surface area (Å²) in [6.07, 6.45) is 0. The van der Waals surface area contributed by atoms with Gasteiger partial charge in [-0.1, -0.05) is 158 Å². The number of thiophene rings is 1. The summed E-state index contributed by atoms with van der Waals surface area (Å²) < 4.78 is 2.49. The average molecular weight is 848 g/mol. The van der Waals surface area contributed by atoms with Gasteiger partial charge in [0.05, 0.1) is 32.9 Å². The van der Waals surface area contributed by atoms with Gasteiger partial charge in [0.25, 0.3) is 0 Å². The first-order valence-corrected chi connectivity index (χ1v) is 23.1. The third-order valence-electron chi connectivity index (χ3n) is 13.4. The molecule has 1 aromatic heterocycles. The Labute approximate surface area is 383 Å². The van der Waals surface area contributed by atoms with Crippen LogP contribution >= 0.6 is 11.3 Å². The third kappa shape index (κ3) is 5.61. The lowest BCUT2D eigenvalue weighted by Crippen LogP contribution is -2.36. The summed E-state index contributed by atoms with van der Waals surface area (Å²) >= 11 is 1.87. The van der Waals surface area contributed by atoms with Crippen LogP contribution in [0.25, 0.3) is 31.3 Å². The Morgan fingerprint density at radius 1 is 0.354 bits per heavy atom. The molecule has 0 saturated carbocycles. The van der Waals surface area contributed by atoms with E-state index >= 15 is 0 Å². The molecule has 2 aliphatic rings. The normalized spacial score (nSPS) is 13.0. The van der Waals surface area contributed by atoms with Crippen molar-refractivity contribution in [3.63, 3.8) is 0 Å². The zero-order valence-electron chi connectivity index (χ0n) is 35.4. The minimum atomic E-state index is -0.570. The molecule has 0 N–H and O–H groups in total. The molecule has 11 aromatic rings. The first-order valence-electron chi connectivity index (χ1n) is 22.3. The summed E-state index contributed by atoms with van der Waals surface area (Å²) in [7, 11) is 0. The summed E-state index contributed by atoms with van der Waals surface area (Å²) in [5.41, 5.74) is 17.4. The van der Waals surface area contributed by atoms with Crippen LogP contribution in [0.4, 0.5) is 51.2 Å². The van der Waals surface area contributed by atoms with Crippen molar-refractivity contribution in [1.29, 1.82) is 0 Å². The molecule has 0 amide bonds. The molecule has 13 rings (SSSR count). The Hall–Kier alpha value is -8.18. The number of benzene rings is 10. The summed E-state index contributed by atoms with van der Waals surface area (Å²) in [5.74, 6) is 0.